The summed E-state index contributed by atoms with van der Waals surface area (Å²) in [7, 11) is 0. The third kappa shape index (κ3) is 3.81. The molecule has 3 nitrogen and oxygen atoms in total. The molecule has 0 amide bonds. The standard InChI is InChI=1S/C16H19BrN2O/c1-3-15(18)16(12-6-4-5-11(2)7-12)20-14-8-13(17)9-19-10-14/h4-10,15-16H,3,18H2,1-2H3. The van der Waals surface area contributed by atoms with E-state index in [0.29, 0.717) is 0 Å². The van der Waals surface area contributed by atoms with Gasteiger partial charge in [0.25, 0.3) is 0 Å². The highest BCUT2D eigenvalue weighted by Crippen LogP contribution is 2.27. The molecule has 1 heterocycles. The summed E-state index contributed by atoms with van der Waals surface area (Å²) in [5, 5.41) is 0. The Morgan fingerprint density at radius 3 is 2.75 bits per heavy atom. The Bertz CT molecular complexity index is 574. The Balaban J connectivity index is 2.29. The van der Waals surface area contributed by atoms with Crippen molar-refractivity contribution in [2.75, 3.05) is 0 Å². The lowest BCUT2D eigenvalue weighted by molar-refractivity contribution is 0.170. The average molecular weight is 335 g/mol. The molecule has 2 rings (SSSR count). The number of pyridine rings is 1. The van der Waals surface area contributed by atoms with E-state index in [9.17, 15) is 0 Å². The molecule has 0 aliphatic carbocycles. The second kappa shape index (κ2) is 6.86. The summed E-state index contributed by atoms with van der Waals surface area (Å²) >= 11 is 3.40. The van der Waals surface area contributed by atoms with Crippen molar-refractivity contribution in [2.24, 2.45) is 5.73 Å². The number of hydrogen-bond donors (Lipinski definition) is 1. The molecule has 2 N–H and O–H groups in total. The van der Waals surface area contributed by atoms with E-state index in [1.807, 2.05) is 12.1 Å². The molecule has 0 aliphatic rings. The summed E-state index contributed by atoms with van der Waals surface area (Å²) in [4.78, 5) is 4.12. The van der Waals surface area contributed by atoms with Gasteiger partial charge in [-0.2, -0.15) is 0 Å². The third-order valence-corrected chi connectivity index (χ3v) is 3.61. The van der Waals surface area contributed by atoms with Gasteiger partial charge >= 0.3 is 0 Å². The number of benzene rings is 1. The molecule has 20 heavy (non-hydrogen) atoms. The minimum absolute atomic E-state index is 0.0595. The van der Waals surface area contributed by atoms with Gasteiger partial charge in [0.2, 0.25) is 0 Å². The van der Waals surface area contributed by atoms with Gasteiger partial charge in [-0.15, -0.1) is 0 Å². The molecule has 0 radical (unpaired) electrons. The van der Waals surface area contributed by atoms with E-state index < -0.39 is 0 Å². The van der Waals surface area contributed by atoms with Crippen molar-refractivity contribution < 1.29 is 4.74 Å². The zero-order valence-electron chi connectivity index (χ0n) is 11.7. The van der Waals surface area contributed by atoms with Gasteiger partial charge in [-0.25, -0.2) is 0 Å². The lowest BCUT2D eigenvalue weighted by atomic mass is 9.99. The first-order chi connectivity index (χ1) is 9.60. The van der Waals surface area contributed by atoms with Crippen molar-refractivity contribution in [3.63, 3.8) is 0 Å². The monoisotopic (exact) mass is 334 g/mol. The maximum Gasteiger partial charge on any atom is 0.139 e. The molecular weight excluding hydrogens is 316 g/mol. The summed E-state index contributed by atoms with van der Waals surface area (Å²) < 4.78 is 6.96. The van der Waals surface area contributed by atoms with Gasteiger partial charge in [0.1, 0.15) is 11.9 Å². The summed E-state index contributed by atoms with van der Waals surface area (Å²) in [6, 6.07) is 10.1. The highest BCUT2D eigenvalue weighted by atomic mass is 79.9. The van der Waals surface area contributed by atoms with Crippen LogP contribution in [-0.2, 0) is 0 Å². The summed E-state index contributed by atoms with van der Waals surface area (Å²) in [6.07, 6.45) is 4.11. The second-order valence-corrected chi connectivity index (χ2v) is 5.78. The Morgan fingerprint density at radius 2 is 2.10 bits per heavy atom. The number of nitrogens with two attached hydrogens (primary N) is 1. The van der Waals surface area contributed by atoms with E-state index in [4.69, 9.17) is 10.5 Å². The molecule has 2 atom stereocenters. The molecule has 4 heteroatoms. The van der Waals surface area contributed by atoms with Crippen molar-refractivity contribution in [1.29, 1.82) is 0 Å². The molecule has 1 aromatic heterocycles. The minimum Gasteiger partial charge on any atom is -0.482 e. The van der Waals surface area contributed by atoms with Crippen LogP contribution in [0.3, 0.4) is 0 Å². The van der Waals surface area contributed by atoms with Crippen molar-refractivity contribution in [2.45, 2.75) is 32.4 Å². The Labute approximate surface area is 128 Å². The molecule has 0 saturated heterocycles. The zero-order valence-corrected chi connectivity index (χ0v) is 13.3. The highest BCUT2D eigenvalue weighted by Gasteiger charge is 2.20. The molecule has 2 unspecified atom stereocenters. The van der Waals surface area contributed by atoms with Gasteiger partial charge in [0.05, 0.1) is 6.20 Å². The summed E-state index contributed by atoms with van der Waals surface area (Å²) in [5.74, 6) is 0.717. The number of aromatic nitrogens is 1. The maximum absolute atomic E-state index is 6.23. The molecule has 0 saturated carbocycles. The first-order valence-electron chi connectivity index (χ1n) is 6.69. The maximum atomic E-state index is 6.23. The topological polar surface area (TPSA) is 48.1 Å². The number of aryl methyl sites for hydroxylation is 1. The van der Waals surface area contributed by atoms with Gasteiger partial charge in [-0.3, -0.25) is 4.98 Å². The van der Waals surface area contributed by atoms with Crippen LogP contribution in [0.15, 0.2) is 47.2 Å². The van der Waals surface area contributed by atoms with Crippen LogP contribution in [0.1, 0.15) is 30.6 Å². The van der Waals surface area contributed by atoms with Crippen LogP contribution in [0.5, 0.6) is 5.75 Å². The van der Waals surface area contributed by atoms with Crippen LogP contribution in [-0.4, -0.2) is 11.0 Å². The molecule has 0 fully saturated rings. The van der Waals surface area contributed by atoms with Crippen molar-refractivity contribution >= 4 is 15.9 Å². The van der Waals surface area contributed by atoms with E-state index in [1.54, 1.807) is 12.4 Å². The van der Waals surface area contributed by atoms with E-state index >= 15 is 0 Å². The van der Waals surface area contributed by atoms with Gasteiger partial charge in [-0.05, 0) is 40.9 Å². The molecule has 0 aliphatic heterocycles. The van der Waals surface area contributed by atoms with E-state index in [1.165, 1.54) is 5.56 Å². The predicted octanol–water partition coefficient (Wildman–Crippen LogP) is 4.01. The van der Waals surface area contributed by atoms with Crippen LogP contribution < -0.4 is 10.5 Å². The number of ether oxygens (including phenoxy) is 1. The van der Waals surface area contributed by atoms with Gasteiger partial charge < -0.3 is 10.5 Å². The van der Waals surface area contributed by atoms with Crippen LogP contribution >= 0.6 is 15.9 Å². The normalized spacial score (nSPS) is 13.8. The second-order valence-electron chi connectivity index (χ2n) is 4.86. The number of halogens is 1. The van der Waals surface area contributed by atoms with Crippen molar-refractivity contribution in [3.8, 4) is 5.75 Å². The molecular formula is C16H19BrN2O. The third-order valence-electron chi connectivity index (χ3n) is 3.17. The molecule has 2 aromatic rings. The number of nitrogens with zero attached hydrogens (tertiary/aromatic N) is 1. The largest absolute Gasteiger partial charge is 0.482 e. The molecule has 0 bridgehead atoms. The fraction of sp³-hybridized carbons (Fsp3) is 0.312. The van der Waals surface area contributed by atoms with Gasteiger partial charge in [0.15, 0.2) is 0 Å². The Kier molecular flexibility index (Phi) is 5.15. The average Bonchev–Trinajstić information content (AvgIpc) is 2.44. The van der Waals surface area contributed by atoms with E-state index in [0.717, 1.165) is 22.2 Å². The van der Waals surface area contributed by atoms with Crippen LogP contribution in [0, 0.1) is 6.92 Å². The molecule has 1 aromatic carbocycles. The van der Waals surface area contributed by atoms with Crippen molar-refractivity contribution in [1.82, 2.24) is 4.98 Å². The zero-order chi connectivity index (χ0) is 14.5. The number of rotatable bonds is 5. The number of hydrogen-bond acceptors (Lipinski definition) is 3. The fourth-order valence-corrected chi connectivity index (χ4v) is 2.41. The summed E-state index contributed by atoms with van der Waals surface area (Å²) in [6.45, 7) is 4.13. The molecule has 106 valence electrons. The first-order valence-corrected chi connectivity index (χ1v) is 7.48. The summed E-state index contributed by atoms with van der Waals surface area (Å²) in [5.41, 5.74) is 8.53. The quantitative estimate of drug-likeness (QED) is 0.898. The van der Waals surface area contributed by atoms with Crippen LogP contribution in [0.25, 0.3) is 0 Å². The first kappa shape index (κ1) is 15.0. The Morgan fingerprint density at radius 1 is 1.30 bits per heavy atom. The van der Waals surface area contributed by atoms with E-state index in [2.05, 4.69) is 53.0 Å². The van der Waals surface area contributed by atoms with Gasteiger partial charge in [-0.1, -0.05) is 36.8 Å². The molecule has 0 spiro atoms. The van der Waals surface area contributed by atoms with Crippen LogP contribution in [0.2, 0.25) is 0 Å². The SMILES string of the molecule is CCC(N)C(Oc1cncc(Br)c1)c1cccc(C)c1. The lowest BCUT2D eigenvalue weighted by Crippen LogP contribution is -2.31. The predicted molar refractivity (Wildman–Crippen MR) is 84.8 cm³/mol. The van der Waals surface area contributed by atoms with E-state index in [-0.39, 0.29) is 12.1 Å². The van der Waals surface area contributed by atoms with Crippen molar-refractivity contribution in [3.05, 3.63) is 58.3 Å². The lowest BCUT2D eigenvalue weighted by Gasteiger charge is -2.25. The minimum atomic E-state index is -0.170. The highest BCUT2D eigenvalue weighted by molar-refractivity contribution is 9.10. The Hall–Kier alpha value is -1.39. The fourth-order valence-electron chi connectivity index (χ4n) is 2.07. The smallest absolute Gasteiger partial charge is 0.139 e. The van der Waals surface area contributed by atoms with Crippen LogP contribution in [0.4, 0.5) is 0 Å². The van der Waals surface area contributed by atoms with Gasteiger partial charge in [0, 0.05) is 16.7 Å².